The summed E-state index contributed by atoms with van der Waals surface area (Å²) < 4.78 is 0. The normalized spacial score (nSPS) is 14.7. The maximum absolute atomic E-state index is 4.82. The van der Waals surface area contributed by atoms with Crippen LogP contribution in [0.5, 0.6) is 0 Å². The number of aromatic amines is 1. The Hall–Kier alpha value is -2.50. The lowest BCUT2D eigenvalue weighted by molar-refractivity contribution is 0.243. The third-order valence-electron chi connectivity index (χ3n) is 5.16. The molecule has 0 unspecified atom stereocenters. The summed E-state index contributed by atoms with van der Waals surface area (Å²) >= 11 is 1.69. The fraction of sp³-hybridized carbons (Fsp3) is 0.238. The van der Waals surface area contributed by atoms with E-state index in [2.05, 4.69) is 57.5 Å². The number of rotatable bonds is 3. The first-order valence-corrected chi connectivity index (χ1v) is 9.83. The number of H-pyrrole nitrogens is 1. The molecule has 0 saturated heterocycles. The Labute approximate surface area is 156 Å². The molecular formula is C21H20N4S. The van der Waals surface area contributed by atoms with Crippen molar-refractivity contribution in [1.29, 1.82) is 0 Å². The molecular weight excluding hydrogens is 340 g/mol. The maximum atomic E-state index is 4.82. The van der Waals surface area contributed by atoms with E-state index >= 15 is 0 Å². The van der Waals surface area contributed by atoms with E-state index in [-0.39, 0.29) is 0 Å². The van der Waals surface area contributed by atoms with Crippen LogP contribution in [-0.2, 0) is 19.5 Å². The summed E-state index contributed by atoms with van der Waals surface area (Å²) in [6.07, 6.45) is 3.00. The zero-order valence-corrected chi connectivity index (χ0v) is 15.5. The number of hydrogen-bond donors (Lipinski definition) is 1. The molecule has 0 fully saturated rings. The zero-order valence-electron chi connectivity index (χ0n) is 14.7. The van der Waals surface area contributed by atoms with Crippen molar-refractivity contribution in [2.45, 2.75) is 26.4 Å². The summed E-state index contributed by atoms with van der Waals surface area (Å²) in [4.78, 5) is 16.6. The Bertz CT molecular complexity index is 1070. The van der Waals surface area contributed by atoms with Gasteiger partial charge in [-0.1, -0.05) is 24.3 Å². The van der Waals surface area contributed by atoms with Crippen LogP contribution in [0.1, 0.15) is 22.5 Å². The number of aromatic nitrogens is 3. The lowest BCUT2D eigenvalue weighted by Crippen LogP contribution is -2.31. The molecule has 0 amide bonds. The number of fused-ring (bicyclic) bond motifs is 2. The van der Waals surface area contributed by atoms with Crippen molar-refractivity contribution in [3.05, 3.63) is 70.5 Å². The minimum absolute atomic E-state index is 0.861. The number of nitrogens with zero attached hydrogens (tertiary/aromatic N) is 3. The number of para-hydroxylation sites is 1. The second kappa shape index (κ2) is 6.34. The molecule has 5 rings (SSSR count). The van der Waals surface area contributed by atoms with Crippen molar-refractivity contribution in [3.8, 4) is 10.7 Å². The highest BCUT2D eigenvalue weighted by molar-refractivity contribution is 7.13. The van der Waals surface area contributed by atoms with Crippen LogP contribution in [0.15, 0.2) is 48.0 Å². The van der Waals surface area contributed by atoms with E-state index in [4.69, 9.17) is 4.98 Å². The summed E-state index contributed by atoms with van der Waals surface area (Å²) in [5.74, 6) is 0.861. The van der Waals surface area contributed by atoms with Gasteiger partial charge in [-0.2, -0.15) is 0 Å². The number of hydrogen-bond acceptors (Lipinski definition) is 4. The van der Waals surface area contributed by atoms with Crippen molar-refractivity contribution in [3.63, 3.8) is 0 Å². The lowest BCUT2D eigenvalue weighted by atomic mass is 10.0. The predicted octanol–water partition coefficient (Wildman–Crippen LogP) is 4.55. The van der Waals surface area contributed by atoms with Gasteiger partial charge in [0.1, 0.15) is 0 Å². The lowest BCUT2D eigenvalue weighted by Gasteiger charge is -2.28. The summed E-state index contributed by atoms with van der Waals surface area (Å²) in [6, 6.07) is 12.7. The third kappa shape index (κ3) is 2.73. The van der Waals surface area contributed by atoms with E-state index < -0.39 is 0 Å². The Kier molecular flexibility index (Phi) is 3.84. The Balaban J connectivity index is 1.40. The van der Waals surface area contributed by atoms with Gasteiger partial charge in [0.2, 0.25) is 0 Å². The van der Waals surface area contributed by atoms with E-state index in [1.807, 2.05) is 12.3 Å². The van der Waals surface area contributed by atoms with Gasteiger partial charge in [0.25, 0.3) is 0 Å². The third-order valence-corrected chi connectivity index (χ3v) is 6.03. The monoisotopic (exact) mass is 360 g/mol. The van der Waals surface area contributed by atoms with E-state index in [9.17, 15) is 0 Å². The molecule has 4 nitrogen and oxygen atoms in total. The summed E-state index contributed by atoms with van der Waals surface area (Å²) in [5, 5.41) is 3.41. The fourth-order valence-corrected chi connectivity index (χ4v) is 4.46. The van der Waals surface area contributed by atoms with Gasteiger partial charge in [0, 0.05) is 54.4 Å². The van der Waals surface area contributed by atoms with Crippen LogP contribution in [0.25, 0.3) is 21.6 Å². The number of thiophene rings is 1. The van der Waals surface area contributed by atoms with Crippen LogP contribution in [0.4, 0.5) is 0 Å². The van der Waals surface area contributed by atoms with E-state index in [0.29, 0.717) is 0 Å². The van der Waals surface area contributed by atoms with Gasteiger partial charge in [-0.05, 0) is 30.0 Å². The van der Waals surface area contributed by atoms with E-state index in [1.54, 1.807) is 11.3 Å². The van der Waals surface area contributed by atoms with Crippen LogP contribution >= 0.6 is 11.3 Å². The standard InChI is InChI=1S/C21H20N4S/c1-14-17(16-5-2-3-6-19(16)23-14)13-25-9-8-18-15(12-25)11-22-21(24-18)20-7-4-10-26-20/h2-7,10-11,23H,8-9,12-13H2,1H3. The summed E-state index contributed by atoms with van der Waals surface area (Å²) in [5.41, 5.74) is 6.35. The highest BCUT2D eigenvalue weighted by Gasteiger charge is 2.21. The number of aryl methyl sites for hydroxylation is 1. The molecule has 26 heavy (non-hydrogen) atoms. The molecule has 0 radical (unpaired) electrons. The van der Waals surface area contributed by atoms with Crippen LogP contribution in [0, 0.1) is 6.92 Å². The molecule has 1 N–H and O–H groups in total. The average Bonchev–Trinajstić information content (AvgIpc) is 3.30. The first kappa shape index (κ1) is 15.7. The molecule has 3 aromatic heterocycles. The molecule has 0 atom stereocenters. The van der Waals surface area contributed by atoms with Gasteiger partial charge in [-0.25, -0.2) is 9.97 Å². The quantitative estimate of drug-likeness (QED) is 0.583. The van der Waals surface area contributed by atoms with Crippen LogP contribution in [0.2, 0.25) is 0 Å². The van der Waals surface area contributed by atoms with Gasteiger partial charge >= 0.3 is 0 Å². The molecule has 0 spiro atoms. The van der Waals surface area contributed by atoms with Crippen LogP contribution in [-0.4, -0.2) is 26.4 Å². The molecule has 0 saturated carbocycles. The Morgan fingerprint density at radius 3 is 3.00 bits per heavy atom. The Morgan fingerprint density at radius 2 is 2.12 bits per heavy atom. The first-order valence-electron chi connectivity index (χ1n) is 8.95. The van der Waals surface area contributed by atoms with Crippen molar-refractivity contribution in [1.82, 2.24) is 19.9 Å². The number of nitrogens with one attached hydrogen (secondary N) is 1. The van der Waals surface area contributed by atoms with Crippen molar-refractivity contribution >= 4 is 22.2 Å². The van der Waals surface area contributed by atoms with Gasteiger partial charge in [-0.15, -0.1) is 11.3 Å². The van der Waals surface area contributed by atoms with E-state index in [1.165, 1.54) is 33.4 Å². The molecule has 4 aromatic rings. The molecule has 0 aliphatic carbocycles. The van der Waals surface area contributed by atoms with E-state index in [0.717, 1.165) is 36.8 Å². The smallest absolute Gasteiger partial charge is 0.169 e. The van der Waals surface area contributed by atoms with Gasteiger partial charge in [-0.3, -0.25) is 4.90 Å². The predicted molar refractivity (Wildman–Crippen MR) is 106 cm³/mol. The molecule has 130 valence electrons. The Morgan fingerprint density at radius 1 is 1.19 bits per heavy atom. The van der Waals surface area contributed by atoms with Crippen molar-refractivity contribution in [2.24, 2.45) is 0 Å². The summed E-state index contributed by atoms with van der Waals surface area (Å²) in [6.45, 7) is 5.08. The second-order valence-corrected chi connectivity index (χ2v) is 7.83. The molecule has 1 aliphatic heterocycles. The molecule has 5 heteroatoms. The molecule has 0 bridgehead atoms. The molecule has 4 heterocycles. The van der Waals surface area contributed by atoms with Gasteiger partial charge in [0.15, 0.2) is 5.82 Å². The van der Waals surface area contributed by atoms with Crippen molar-refractivity contribution < 1.29 is 0 Å². The average molecular weight is 360 g/mol. The number of benzene rings is 1. The van der Waals surface area contributed by atoms with Crippen LogP contribution in [0.3, 0.4) is 0 Å². The topological polar surface area (TPSA) is 44.8 Å². The minimum Gasteiger partial charge on any atom is -0.358 e. The zero-order chi connectivity index (χ0) is 17.5. The molecule has 1 aromatic carbocycles. The van der Waals surface area contributed by atoms with Crippen molar-refractivity contribution in [2.75, 3.05) is 6.54 Å². The molecule has 1 aliphatic rings. The highest BCUT2D eigenvalue weighted by Crippen LogP contribution is 2.27. The second-order valence-electron chi connectivity index (χ2n) is 6.88. The summed E-state index contributed by atoms with van der Waals surface area (Å²) in [7, 11) is 0. The maximum Gasteiger partial charge on any atom is 0.169 e. The van der Waals surface area contributed by atoms with Crippen LogP contribution < -0.4 is 0 Å². The first-order chi connectivity index (χ1) is 12.8. The highest BCUT2D eigenvalue weighted by atomic mass is 32.1. The minimum atomic E-state index is 0.861. The van der Waals surface area contributed by atoms with Gasteiger partial charge in [0.05, 0.1) is 10.6 Å². The largest absolute Gasteiger partial charge is 0.358 e. The van der Waals surface area contributed by atoms with Gasteiger partial charge < -0.3 is 4.98 Å². The SMILES string of the molecule is Cc1[nH]c2ccccc2c1CN1CCc2nc(-c3cccs3)ncc2C1. The fourth-order valence-electron chi connectivity index (χ4n) is 3.80.